The zero-order chi connectivity index (χ0) is 14.0. The number of benzene rings is 1. The van der Waals surface area contributed by atoms with Crippen LogP contribution in [-0.2, 0) is 5.41 Å². The van der Waals surface area contributed by atoms with Crippen LogP contribution in [0.15, 0.2) is 34.7 Å². The Hall–Kier alpha value is -2.03. The van der Waals surface area contributed by atoms with Gasteiger partial charge < -0.3 is 9.15 Å². The van der Waals surface area contributed by atoms with E-state index in [4.69, 9.17) is 9.15 Å². The molecule has 0 aliphatic rings. The average molecular weight is 258 g/mol. The quantitative estimate of drug-likeness (QED) is 0.761. The van der Waals surface area contributed by atoms with Gasteiger partial charge in [-0.05, 0) is 35.6 Å². The lowest BCUT2D eigenvalue weighted by Gasteiger charge is -2.20. The van der Waals surface area contributed by atoms with Gasteiger partial charge in [-0.2, -0.15) is 0 Å². The Morgan fingerprint density at radius 3 is 2.42 bits per heavy atom. The molecule has 1 heterocycles. The van der Waals surface area contributed by atoms with Gasteiger partial charge in [-0.15, -0.1) is 0 Å². The maximum absolute atomic E-state index is 10.5. The van der Waals surface area contributed by atoms with E-state index >= 15 is 0 Å². The third-order valence-corrected chi connectivity index (χ3v) is 2.97. The number of carbonyl (C=O) groups excluding carboxylic acids is 1. The molecule has 0 radical (unpaired) electrons. The molecule has 2 rings (SSSR count). The Balaban J connectivity index is 2.24. The summed E-state index contributed by atoms with van der Waals surface area (Å²) in [5.74, 6) is 1.33. The van der Waals surface area contributed by atoms with Crippen LogP contribution >= 0.6 is 0 Å². The zero-order valence-corrected chi connectivity index (χ0v) is 11.7. The van der Waals surface area contributed by atoms with Gasteiger partial charge >= 0.3 is 0 Å². The molecule has 0 fully saturated rings. The first kappa shape index (κ1) is 13.4. The van der Waals surface area contributed by atoms with E-state index in [9.17, 15) is 4.79 Å². The average Bonchev–Trinajstić information content (AvgIpc) is 2.78. The second kappa shape index (κ2) is 4.92. The molecule has 0 aliphatic heterocycles. The summed E-state index contributed by atoms with van der Waals surface area (Å²) < 4.78 is 10.8. The lowest BCUT2D eigenvalue weighted by Crippen LogP contribution is -2.11. The summed E-state index contributed by atoms with van der Waals surface area (Å²) in [6.07, 6.45) is 0.655. The third-order valence-electron chi connectivity index (χ3n) is 2.97. The van der Waals surface area contributed by atoms with Gasteiger partial charge in [0.15, 0.2) is 12.0 Å². The molecule has 0 unspecified atom stereocenters. The number of carbonyl (C=O) groups is 1. The summed E-state index contributed by atoms with van der Waals surface area (Å²) in [5.41, 5.74) is 2.40. The fraction of sp³-hybridized carbons (Fsp3) is 0.312. The molecular weight excluding hydrogens is 240 g/mol. The Labute approximate surface area is 113 Å². The normalized spacial score (nSPS) is 11.4. The predicted octanol–water partition coefficient (Wildman–Crippen LogP) is 4.49. The van der Waals surface area contributed by atoms with Crippen molar-refractivity contribution in [2.75, 3.05) is 0 Å². The van der Waals surface area contributed by atoms with Crippen LogP contribution in [-0.4, -0.2) is 6.29 Å². The van der Waals surface area contributed by atoms with Crippen molar-refractivity contribution in [3.05, 3.63) is 47.2 Å². The van der Waals surface area contributed by atoms with Gasteiger partial charge in [-0.25, -0.2) is 0 Å². The van der Waals surface area contributed by atoms with Crippen LogP contribution in [0, 0.1) is 6.92 Å². The number of hydrogen-bond acceptors (Lipinski definition) is 3. The summed E-state index contributed by atoms with van der Waals surface area (Å²) in [7, 11) is 0. The molecule has 3 nitrogen and oxygen atoms in total. The van der Waals surface area contributed by atoms with Crippen molar-refractivity contribution in [3.63, 3.8) is 0 Å². The van der Waals surface area contributed by atoms with E-state index in [-0.39, 0.29) is 11.2 Å². The van der Waals surface area contributed by atoms with Gasteiger partial charge in [0.25, 0.3) is 5.95 Å². The fourth-order valence-corrected chi connectivity index (χ4v) is 1.79. The molecule has 100 valence electrons. The third kappa shape index (κ3) is 3.05. The molecule has 0 saturated heterocycles. The topological polar surface area (TPSA) is 39.4 Å². The lowest BCUT2D eigenvalue weighted by atomic mass is 9.86. The molecule has 0 N–H and O–H groups in total. The summed E-state index contributed by atoms with van der Waals surface area (Å²) in [5, 5.41) is 0. The van der Waals surface area contributed by atoms with Crippen LogP contribution in [0.2, 0.25) is 0 Å². The van der Waals surface area contributed by atoms with Gasteiger partial charge in [0, 0.05) is 6.07 Å². The Morgan fingerprint density at radius 1 is 1.16 bits per heavy atom. The van der Waals surface area contributed by atoms with Crippen LogP contribution in [0.1, 0.15) is 42.5 Å². The highest BCUT2D eigenvalue weighted by Crippen LogP contribution is 2.30. The van der Waals surface area contributed by atoms with E-state index < -0.39 is 0 Å². The number of ether oxygens (including phenoxy) is 1. The maximum Gasteiger partial charge on any atom is 0.290 e. The summed E-state index contributed by atoms with van der Waals surface area (Å²) >= 11 is 0. The molecule has 1 aromatic carbocycles. The first-order valence-electron chi connectivity index (χ1n) is 6.24. The fourth-order valence-electron chi connectivity index (χ4n) is 1.79. The Kier molecular flexibility index (Phi) is 3.47. The highest BCUT2D eigenvalue weighted by Gasteiger charge is 2.15. The number of hydrogen-bond donors (Lipinski definition) is 0. The van der Waals surface area contributed by atoms with Crippen molar-refractivity contribution in [2.45, 2.75) is 33.1 Å². The molecule has 1 aromatic heterocycles. The minimum absolute atomic E-state index is 0.110. The number of rotatable bonds is 3. The monoisotopic (exact) mass is 258 g/mol. The standard InChI is InChI=1S/C16H18O3/c1-11-9-12(16(2,3)4)5-7-14(11)19-15-8-6-13(10-17)18-15/h5-10H,1-4H3. The minimum Gasteiger partial charge on any atom is -0.426 e. The molecule has 0 saturated carbocycles. The molecule has 0 atom stereocenters. The van der Waals surface area contributed by atoms with Crippen LogP contribution in [0.4, 0.5) is 0 Å². The Bertz CT molecular complexity index is 588. The van der Waals surface area contributed by atoms with Crippen molar-refractivity contribution in [3.8, 4) is 11.7 Å². The number of aldehydes is 1. The molecule has 2 aromatic rings. The van der Waals surface area contributed by atoms with Crippen LogP contribution in [0.25, 0.3) is 0 Å². The van der Waals surface area contributed by atoms with Crippen LogP contribution in [0.3, 0.4) is 0 Å². The smallest absolute Gasteiger partial charge is 0.290 e. The predicted molar refractivity (Wildman–Crippen MR) is 74.0 cm³/mol. The first-order chi connectivity index (χ1) is 8.90. The maximum atomic E-state index is 10.5. The van der Waals surface area contributed by atoms with Gasteiger partial charge in [0.05, 0.1) is 0 Å². The van der Waals surface area contributed by atoms with Crippen molar-refractivity contribution >= 4 is 6.29 Å². The van der Waals surface area contributed by atoms with Crippen LogP contribution in [0.5, 0.6) is 11.7 Å². The molecule has 0 bridgehead atoms. The lowest BCUT2D eigenvalue weighted by molar-refractivity contribution is 0.109. The van der Waals surface area contributed by atoms with E-state index in [2.05, 4.69) is 26.8 Å². The second-order valence-electron chi connectivity index (χ2n) is 5.61. The van der Waals surface area contributed by atoms with E-state index in [0.717, 1.165) is 11.3 Å². The van der Waals surface area contributed by atoms with Crippen LogP contribution < -0.4 is 4.74 Å². The SMILES string of the molecule is Cc1cc(C(C)(C)C)ccc1Oc1ccc(C=O)o1. The summed E-state index contributed by atoms with van der Waals surface area (Å²) in [6, 6.07) is 9.31. The number of aryl methyl sites for hydroxylation is 1. The summed E-state index contributed by atoms with van der Waals surface area (Å²) in [4.78, 5) is 10.5. The van der Waals surface area contributed by atoms with Gasteiger partial charge in [0.2, 0.25) is 0 Å². The molecule has 0 amide bonds. The Morgan fingerprint density at radius 2 is 1.89 bits per heavy atom. The van der Waals surface area contributed by atoms with E-state index in [1.165, 1.54) is 5.56 Å². The number of furan rings is 1. The molecule has 0 spiro atoms. The van der Waals surface area contributed by atoms with Crippen molar-refractivity contribution in [2.24, 2.45) is 0 Å². The van der Waals surface area contributed by atoms with Crippen molar-refractivity contribution < 1.29 is 13.9 Å². The van der Waals surface area contributed by atoms with Gasteiger partial charge in [-0.1, -0.05) is 32.9 Å². The first-order valence-corrected chi connectivity index (χ1v) is 6.24. The van der Waals surface area contributed by atoms with Crippen molar-refractivity contribution in [1.29, 1.82) is 0 Å². The highest BCUT2D eigenvalue weighted by atomic mass is 16.6. The van der Waals surface area contributed by atoms with E-state index in [1.54, 1.807) is 12.1 Å². The van der Waals surface area contributed by atoms with Gasteiger partial charge in [0.1, 0.15) is 5.75 Å². The highest BCUT2D eigenvalue weighted by molar-refractivity contribution is 5.70. The second-order valence-corrected chi connectivity index (χ2v) is 5.61. The van der Waals surface area contributed by atoms with E-state index in [0.29, 0.717) is 12.2 Å². The minimum atomic E-state index is 0.110. The molecule has 0 aliphatic carbocycles. The largest absolute Gasteiger partial charge is 0.426 e. The van der Waals surface area contributed by atoms with Crippen molar-refractivity contribution in [1.82, 2.24) is 0 Å². The van der Waals surface area contributed by atoms with E-state index in [1.807, 2.05) is 19.1 Å². The zero-order valence-electron chi connectivity index (χ0n) is 11.7. The van der Waals surface area contributed by atoms with Gasteiger partial charge in [-0.3, -0.25) is 4.79 Å². The molecule has 19 heavy (non-hydrogen) atoms. The summed E-state index contributed by atoms with van der Waals surface area (Å²) in [6.45, 7) is 8.51. The molecular formula is C16H18O3. The molecule has 3 heteroatoms.